The molecule has 20 heavy (non-hydrogen) atoms. The molecule has 104 valence electrons. The summed E-state index contributed by atoms with van der Waals surface area (Å²) in [6.45, 7) is 7.24. The number of aromatic hydroxyl groups is 1. The third-order valence-corrected chi connectivity index (χ3v) is 3.96. The molecule has 2 N–H and O–H groups in total. The Kier molecular flexibility index (Phi) is 3.08. The summed E-state index contributed by atoms with van der Waals surface area (Å²) in [4.78, 5) is 0. The van der Waals surface area contributed by atoms with Gasteiger partial charge in [0.1, 0.15) is 17.3 Å². The molecule has 4 nitrogen and oxygen atoms in total. The van der Waals surface area contributed by atoms with Gasteiger partial charge >= 0.3 is 0 Å². The maximum atomic E-state index is 10.1. The normalized spacial score (nSPS) is 15.8. The second-order valence-corrected chi connectivity index (χ2v) is 5.37. The number of nitrogens with zero attached hydrogens (tertiary/aromatic N) is 2. The maximum absolute atomic E-state index is 10.1. The van der Waals surface area contributed by atoms with Crippen LogP contribution in [0, 0.1) is 6.92 Å². The monoisotopic (exact) mass is 269 g/mol. The molecule has 0 fully saturated rings. The Labute approximate surface area is 118 Å². The van der Waals surface area contributed by atoms with Gasteiger partial charge in [-0.15, -0.1) is 10.2 Å². The molecule has 4 heteroatoms. The van der Waals surface area contributed by atoms with Crippen LogP contribution in [0.25, 0.3) is 11.3 Å². The van der Waals surface area contributed by atoms with Gasteiger partial charge in [0.15, 0.2) is 0 Å². The molecule has 0 bridgehead atoms. The van der Waals surface area contributed by atoms with Gasteiger partial charge in [0.05, 0.1) is 0 Å². The summed E-state index contributed by atoms with van der Waals surface area (Å²) in [5, 5.41) is 22.0. The number of hydrogen-bond donors (Lipinski definition) is 2. The van der Waals surface area contributed by atoms with Crippen molar-refractivity contribution in [2.45, 2.75) is 33.1 Å². The third kappa shape index (κ3) is 1.83. The highest BCUT2D eigenvalue weighted by Crippen LogP contribution is 2.48. The number of aromatic nitrogens is 2. The van der Waals surface area contributed by atoms with E-state index < -0.39 is 0 Å². The van der Waals surface area contributed by atoms with Crippen LogP contribution in [0.3, 0.4) is 0 Å². The Morgan fingerprint density at radius 1 is 1.30 bits per heavy atom. The largest absolute Gasteiger partial charge is 0.507 e. The number of phenolic OH excluding ortho intramolecular Hbond substituents is 1. The van der Waals surface area contributed by atoms with Crippen LogP contribution in [0.15, 0.2) is 18.2 Å². The van der Waals surface area contributed by atoms with Crippen molar-refractivity contribution >= 4 is 5.82 Å². The minimum atomic E-state index is 0.241. The van der Waals surface area contributed by atoms with Crippen molar-refractivity contribution in [1.29, 1.82) is 0 Å². The van der Waals surface area contributed by atoms with Crippen molar-refractivity contribution < 1.29 is 5.11 Å². The topological polar surface area (TPSA) is 58.0 Å². The smallest absolute Gasteiger partial charge is 0.148 e. The summed E-state index contributed by atoms with van der Waals surface area (Å²) >= 11 is 0. The predicted octanol–water partition coefficient (Wildman–Crippen LogP) is 3.44. The highest BCUT2D eigenvalue weighted by Gasteiger charge is 2.31. The highest BCUT2D eigenvalue weighted by atomic mass is 16.3. The van der Waals surface area contributed by atoms with Gasteiger partial charge in [-0.1, -0.05) is 19.9 Å². The molecule has 0 spiro atoms. The Balaban J connectivity index is 2.12. The van der Waals surface area contributed by atoms with E-state index in [0.29, 0.717) is 5.75 Å². The van der Waals surface area contributed by atoms with Crippen LogP contribution < -0.4 is 5.32 Å². The molecule has 1 aliphatic rings. The van der Waals surface area contributed by atoms with E-state index in [4.69, 9.17) is 0 Å². The van der Waals surface area contributed by atoms with E-state index in [-0.39, 0.29) is 5.92 Å². The Morgan fingerprint density at radius 3 is 2.85 bits per heavy atom. The first-order valence-electron chi connectivity index (χ1n) is 7.07. The van der Waals surface area contributed by atoms with Gasteiger partial charge in [0, 0.05) is 18.0 Å². The molecule has 1 heterocycles. The van der Waals surface area contributed by atoms with E-state index >= 15 is 0 Å². The molecule has 1 aliphatic carbocycles. The summed E-state index contributed by atoms with van der Waals surface area (Å²) in [6, 6.07) is 5.75. The van der Waals surface area contributed by atoms with E-state index in [9.17, 15) is 5.11 Å². The number of benzene rings is 1. The first-order chi connectivity index (χ1) is 9.63. The number of phenols is 1. The fourth-order valence-corrected chi connectivity index (χ4v) is 2.94. The predicted molar refractivity (Wildman–Crippen MR) is 80.2 cm³/mol. The maximum Gasteiger partial charge on any atom is 0.148 e. The quantitative estimate of drug-likeness (QED) is 0.896. The average molecular weight is 269 g/mol. The van der Waals surface area contributed by atoms with Crippen LogP contribution in [0.1, 0.15) is 42.9 Å². The third-order valence-electron chi connectivity index (χ3n) is 3.96. The molecular weight excluding hydrogens is 250 g/mol. The van der Waals surface area contributed by atoms with Crippen molar-refractivity contribution in [2.75, 3.05) is 11.9 Å². The summed E-state index contributed by atoms with van der Waals surface area (Å²) in [6.07, 6.45) is 1.05. The number of aryl methyl sites for hydroxylation is 1. The number of anilines is 1. The molecule has 3 rings (SSSR count). The van der Waals surface area contributed by atoms with Crippen molar-refractivity contribution in [3.63, 3.8) is 0 Å². The van der Waals surface area contributed by atoms with E-state index in [2.05, 4.69) is 42.4 Å². The molecular formula is C16H19N3O. The van der Waals surface area contributed by atoms with Crippen LogP contribution >= 0.6 is 0 Å². The molecule has 1 unspecified atom stereocenters. The van der Waals surface area contributed by atoms with Gasteiger partial charge < -0.3 is 10.4 Å². The van der Waals surface area contributed by atoms with Crippen molar-refractivity contribution in [1.82, 2.24) is 10.2 Å². The standard InChI is InChI=1S/C16H19N3O/c1-4-7-17-13-8-11-10(3)14-9(2)5-6-12(20)15(14)16(11)19-18-13/h5-6,8,10,20H,4,7H2,1-3H3,(H,17,18). The zero-order valence-electron chi connectivity index (χ0n) is 12.1. The van der Waals surface area contributed by atoms with Gasteiger partial charge in [-0.3, -0.25) is 0 Å². The summed E-state index contributed by atoms with van der Waals surface area (Å²) < 4.78 is 0. The minimum Gasteiger partial charge on any atom is -0.507 e. The molecule has 1 atom stereocenters. The second-order valence-electron chi connectivity index (χ2n) is 5.37. The van der Waals surface area contributed by atoms with E-state index in [1.165, 1.54) is 11.1 Å². The first kappa shape index (κ1) is 12.9. The number of rotatable bonds is 3. The zero-order chi connectivity index (χ0) is 14.3. The van der Waals surface area contributed by atoms with E-state index in [1.807, 2.05) is 6.07 Å². The fourth-order valence-electron chi connectivity index (χ4n) is 2.94. The fraction of sp³-hybridized carbons (Fsp3) is 0.375. The number of nitrogens with one attached hydrogen (secondary N) is 1. The average Bonchev–Trinajstić information content (AvgIpc) is 2.75. The van der Waals surface area contributed by atoms with Crippen LogP contribution in [-0.4, -0.2) is 21.8 Å². The summed E-state index contributed by atoms with van der Waals surface area (Å²) in [7, 11) is 0. The van der Waals surface area contributed by atoms with Crippen LogP contribution in [0.5, 0.6) is 5.75 Å². The minimum absolute atomic E-state index is 0.241. The molecule has 1 aromatic heterocycles. The van der Waals surface area contributed by atoms with Gasteiger partial charge in [0.2, 0.25) is 0 Å². The van der Waals surface area contributed by atoms with Gasteiger partial charge in [0.25, 0.3) is 0 Å². The van der Waals surface area contributed by atoms with E-state index in [0.717, 1.165) is 35.6 Å². The van der Waals surface area contributed by atoms with E-state index in [1.54, 1.807) is 6.07 Å². The molecule has 1 aromatic carbocycles. The van der Waals surface area contributed by atoms with Crippen molar-refractivity contribution in [3.8, 4) is 17.0 Å². The molecule has 0 radical (unpaired) electrons. The SMILES string of the molecule is CCCNc1cc2c(nn1)-c1c(O)ccc(C)c1C2C. The Morgan fingerprint density at radius 2 is 2.10 bits per heavy atom. The second kappa shape index (κ2) is 4.78. The lowest BCUT2D eigenvalue weighted by Crippen LogP contribution is -2.04. The molecule has 0 amide bonds. The number of hydrogen-bond acceptors (Lipinski definition) is 4. The molecule has 2 aromatic rings. The lowest BCUT2D eigenvalue weighted by molar-refractivity contribution is 0.476. The lowest BCUT2D eigenvalue weighted by atomic mass is 9.95. The summed E-state index contributed by atoms with van der Waals surface area (Å²) in [5.41, 5.74) is 5.16. The van der Waals surface area contributed by atoms with Crippen molar-refractivity contribution in [3.05, 3.63) is 34.9 Å². The zero-order valence-corrected chi connectivity index (χ0v) is 12.1. The van der Waals surface area contributed by atoms with Crippen LogP contribution in [0.4, 0.5) is 5.82 Å². The van der Waals surface area contributed by atoms with Gasteiger partial charge in [-0.2, -0.15) is 0 Å². The number of fused-ring (bicyclic) bond motifs is 3. The van der Waals surface area contributed by atoms with Crippen molar-refractivity contribution in [2.24, 2.45) is 0 Å². The molecule has 0 saturated carbocycles. The lowest BCUT2D eigenvalue weighted by Gasteiger charge is -2.10. The molecule has 0 saturated heterocycles. The van der Waals surface area contributed by atoms with Gasteiger partial charge in [-0.25, -0.2) is 0 Å². The molecule has 0 aliphatic heterocycles. The highest BCUT2D eigenvalue weighted by molar-refractivity contribution is 5.82. The first-order valence-corrected chi connectivity index (χ1v) is 7.07. The Hall–Kier alpha value is -2.10. The van der Waals surface area contributed by atoms with Crippen LogP contribution in [0.2, 0.25) is 0 Å². The summed E-state index contributed by atoms with van der Waals surface area (Å²) in [5.74, 6) is 1.34. The van der Waals surface area contributed by atoms with Crippen LogP contribution in [-0.2, 0) is 0 Å². The Bertz CT molecular complexity index is 667. The van der Waals surface area contributed by atoms with Gasteiger partial charge in [-0.05, 0) is 42.2 Å².